The molecule has 3 rings (SSSR count). The second-order valence-corrected chi connectivity index (χ2v) is 7.58. The Morgan fingerprint density at radius 1 is 1.14 bits per heavy atom. The van der Waals surface area contributed by atoms with Gasteiger partial charge in [-0.3, -0.25) is 0 Å². The third-order valence-electron chi connectivity index (χ3n) is 5.67. The summed E-state index contributed by atoms with van der Waals surface area (Å²) in [4.78, 5) is 2.62. The van der Waals surface area contributed by atoms with Gasteiger partial charge in [-0.15, -0.1) is 0 Å². The molecule has 2 atom stereocenters. The summed E-state index contributed by atoms with van der Waals surface area (Å²) in [7, 11) is 0. The molecule has 1 aliphatic carbocycles. The lowest BCUT2D eigenvalue weighted by molar-refractivity contribution is 0.145. The van der Waals surface area contributed by atoms with Crippen LogP contribution in [0.3, 0.4) is 0 Å². The van der Waals surface area contributed by atoms with Crippen molar-refractivity contribution in [3.63, 3.8) is 0 Å². The predicted octanol–water partition coefficient (Wildman–Crippen LogP) is 3.89. The smallest absolute Gasteiger partial charge is 0.00385 e. The van der Waals surface area contributed by atoms with E-state index in [0.29, 0.717) is 0 Å². The molecule has 2 heteroatoms. The molecule has 1 heterocycles. The lowest BCUT2D eigenvalue weighted by Crippen LogP contribution is -2.39. The van der Waals surface area contributed by atoms with Gasteiger partial charge in [0.25, 0.3) is 0 Å². The number of benzene rings is 1. The fourth-order valence-electron chi connectivity index (χ4n) is 3.93. The summed E-state index contributed by atoms with van der Waals surface area (Å²) in [6.45, 7) is 9.68. The molecule has 2 nitrogen and oxygen atoms in total. The predicted molar refractivity (Wildman–Crippen MR) is 94.2 cm³/mol. The molecule has 2 aliphatic rings. The second-order valence-electron chi connectivity index (χ2n) is 7.58. The summed E-state index contributed by atoms with van der Waals surface area (Å²) >= 11 is 0. The fraction of sp³-hybridized carbons (Fsp3) is 0.700. The van der Waals surface area contributed by atoms with E-state index in [1.165, 1.54) is 57.4 Å². The highest BCUT2D eigenvalue weighted by Crippen LogP contribution is 2.46. The van der Waals surface area contributed by atoms with E-state index in [1.807, 2.05) is 0 Å². The average molecular weight is 300 g/mol. The van der Waals surface area contributed by atoms with Gasteiger partial charge in [0, 0.05) is 6.04 Å². The van der Waals surface area contributed by atoms with Gasteiger partial charge in [-0.1, -0.05) is 30.3 Å². The minimum Gasteiger partial charge on any atom is -0.316 e. The largest absolute Gasteiger partial charge is 0.316 e. The third kappa shape index (κ3) is 4.33. The van der Waals surface area contributed by atoms with E-state index in [-0.39, 0.29) is 0 Å². The summed E-state index contributed by atoms with van der Waals surface area (Å²) < 4.78 is 0. The molecule has 122 valence electrons. The molecule has 0 spiro atoms. The zero-order valence-corrected chi connectivity index (χ0v) is 14.3. The summed E-state index contributed by atoms with van der Waals surface area (Å²) in [5.74, 6) is 2.65. The Morgan fingerprint density at radius 2 is 1.86 bits per heavy atom. The molecular weight excluding hydrogens is 268 g/mol. The van der Waals surface area contributed by atoms with Crippen molar-refractivity contribution in [2.45, 2.75) is 51.5 Å². The number of nitrogens with one attached hydrogen (secondary N) is 1. The van der Waals surface area contributed by atoms with E-state index in [9.17, 15) is 0 Å². The van der Waals surface area contributed by atoms with Crippen molar-refractivity contribution in [2.75, 3.05) is 26.2 Å². The zero-order chi connectivity index (χ0) is 15.4. The maximum absolute atomic E-state index is 3.71. The number of piperidine rings is 1. The van der Waals surface area contributed by atoms with Crippen LogP contribution < -0.4 is 5.32 Å². The molecule has 0 bridgehead atoms. The highest BCUT2D eigenvalue weighted by molar-refractivity contribution is 5.25. The normalized spacial score (nSPS) is 26.5. The Balaban J connectivity index is 1.27. The Morgan fingerprint density at radius 3 is 2.55 bits per heavy atom. The number of hydrogen-bond donors (Lipinski definition) is 1. The van der Waals surface area contributed by atoms with Gasteiger partial charge in [-0.2, -0.15) is 0 Å². The summed E-state index contributed by atoms with van der Waals surface area (Å²) in [5.41, 5.74) is 1.54. The topological polar surface area (TPSA) is 15.3 Å². The average Bonchev–Trinajstić information content (AvgIpc) is 3.32. The van der Waals surface area contributed by atoms with Gasteiger partial charge in [0.05, 0.1) is 0 Å². The molecular formula is C20H32N2. The molecule has 1 aromatic rings. The van der Waals surface area contributed by atoms with Crippen molar-refractivity contribution in [1.29, 1.82) is 0 Å². The van der Waals surface area contributed by atoms with Crippen LogP contribution >= 0.6 is 0 Å². The van der Waals surface area contributed by atoms with Crippen LogP contribution in [0.1, 0.15) is 51.0 Å². The first-order chi connectivity index (χ1) is 10.7. The molecule has 0 radical (unpaired) electrons. The Kier molecular flexibility index (Phi) is 5.54. The van der Waals surface area contributed by atoms with Gasteiger partial charge in [-0.25, -0.2) is 0 Å². The van der Waals surface area contributed by atoms with Crippen LogP contribution in [0.25, 0.3) is 0 Å². The van der Waals surface area contributed by atoms with E-state index < -0.39 is 0 Å². The van der Waals surface area contributed by atoms with Crippen molar-refractivity contribution in [3.05, 3.63) is 35.9 Å². The van der Waals surface area contributed by atoms with E-state index in [1.54, 1.807) is 0 Å². The molecule has 2 fully saturated rings. The Labute approximate surface area is 136 Å². The van der Waals surface area contributed by atoms with Crippen LogP contribution in [0.2, 0.25) is 0 Å². The fourth-order valence-corrected chi connectivity index (χ4v) is 3.93. The monoisotopic (exact) mass is 300 g/mol. The number of hydrogen-bond acceptors (Lipinski definition) is 2. The van der Waals surface area contributed by atoms with E-state index in [2.05, 4.69) is 54.4 Å². The summed E-state index contributed by atoms with van der Waals surface area (Å²) in [5, 5.41) is 3.71. The Bertz CT molecular complexity index is 434. The third-order valence-corrected chi connectivity index (χ3v) is 5.67. The van der Waals surface area contributed by atoms with Crippen molar-refractivity contribution in [3.8, 4) is 0 Å². The molecule has 0 aromatic heterocycles. The first-order valence-electron chi connectivity index (χ1n) is 9.23. The lowest BCUT2D eigenvalue weighted by atomic mass is 9.93. The van der Waals surface area contributed by atoms with E-state index >= 15 is 0 Å². The van der Waals surface area contributed by atoms with E-state index in [0.717, 1.165) is 23.8 Å². The van der Waals surface area contributed by atoms with Gasteiger partial charge in [0.15, 0.2) is 0 Å². The highest BCUT2D eigenvalue weighted by atomic mass is 15.1. The van der Waals surface area contributed by atoms with Crippen LogP contribution in [0.5, 0.6) is 0 Å². The van der Waals surface area contributed by atoms with Gasteiger partial charge in [0.2, 0.25) is 0 Å². The van der Waals surface area contributed by atoms with Crippen molar-refractivity contribution in [2.24, 2.45) is 11.8 Å². The first kappa shape index (κ1) is 16.0. The van der Waals surface area contributed by atoms with Crippen LogP contribution in [-0.2, 0) is 0 Å². The molecule has 1 saturated carbocycles. The molecule has 2 unspecified atom stereocenters. The maximum Gasteiger partial charge on any atom is 0.00385 e. The minimum absolute atomic E-state index is 0.726. The number of nitrogens with zero attached hydrogens (tertiary/aromatic N) is 1. The summed E-state index contributed by atoms with van der Waals surface area (Å²) in [6, 6.07) is 11.7. The molecule has 1 aromatic carbocycles. The summed E-state index contributed by atoms with van der Waals surface area (Å²) in [6.07, 6.45) is 5.55. The van der Waals surface area contributed by atoms with Crippen LogP contribution in [0, 0.1) is 11.8 Å². The van der Waals surface area contributed by atoms with Gasteiger partial charge < -0.3 is 10.2 Å². The van der Waals surface area contributed by atoms with Crippen molar-refractivity contribution >= 4 is 0 Å². The molecule has 1 N–H and O–H groups in total. The Hall–Kier alpha value is -0.860. The lowest BCUT2D eigenvalue weighted by Gasteiger charge is -2.34. The molecule has 1 saturated heterocycles. The number of rotatable bonds is 7. The van der Waals surface area contributed by atoms with Gasteiger partial charge in [-0.05, 0) is 89.0 Å². The quantitative estimate of drug-likeness (QED) is 0.769. The zero-order valence-electron chi connectivity index (χ0n) is 14.3. The van der Waals surface area contributed by atoms with Crippen LogP contribution in [-0.4, -0.2) is 37.1 Å². The van der Waals surface area contributed by atoms with Crippen LogP contribution in [0.4, 0.5) is 0 Å². The second kappa shape index (κ2) is 7.61. The van der Waals surface area contributed by atoms with Gasteiger partial charge >= 0.3 is 0 Å². The van der Waals surface area contributed by atoms with Crippen molar-refractivity contribution in [1.82, 2.24) is 10.2 Å². The number of likely N-dealkylation sites (tertiary alicyclic amines) is 1. The molecule has 22 heavy (non-hydrogen) atoms. The minimum atomic E-state index is 0.726. The first-order valence-corrected chi connectivity index (χ1v) is 9.23. The maximum atomic E-state index is 3.71. The van der Waals surface area contributed by atoms with Crippen LogP contribution in [0.15, 0.2) is 30.3 Å². The SMILES string of the molecule is CC(C)N1CCC(CCNCC2CC2c2ccccc2)CC1. The van der Waals surface area contributed by atoms with Crippen molar-refractivity contribution < 1.29 is 0 Å². The molecule has 1 aliphatic heterocycles. The standard InChI is InChI=1S/C20H32N2/c1-16(2)22-12-9-17(10-13-22)8-11-21-15-19-14-20(19)18-6-4-3-5-7-18/h3-7,16-17,19-21H,8-15H2,1-2H3. The highest BCUT2D eigenvalue weighted by Gasteiger charge is 2.37. The van der Waals surface area contributed by atoms with E-state index in [4.69, 9.17) is 0 Å². The van der Waals surface area contributed by atoms with Gasteiger partial charge in [0.1, 0.15) is 0 Å². The molecule has 0 amide bonds.